The van der Waals surface area contributed by atoms with Crippen molar-refractivity contribution in [2.75, 3.05) is 5.75 Å². The van der Waals surface area contributed by atoms with Gasteiger partial charge < -0.3 is 0 Å². The zero-order chi connectivity index (χ0) is 8.74. The fourth-order valence-electron chi connectivity index (χ4n) is 0.848. The minimum Gasteiger partial charge on any atom is -0.229 e. The largest absolute Gasteiger partial charge is 0.229 e. The number of rotatable bonds is 6. The average molecular weight is 177 g/mol. The van der Waals surface area contributed by atoms with E-state index in [1.807, 2.05) is 0 Å². The summed E-state index contributed by atoms with van der Waals surface area (Å²) in [6, 6.07) is 0. The van der Waals surface area contributed by atoms with Crippen LogP contribution in [0.2, 0.25) is 0 Å². The molecule has 0 atom stereocenters. The van der Waals surface area contributed by atoms with Gasteiger partial charge in [0.25, 0.3) is 0 Å². The predicted octanol–water partition coefficient (Wildman–Crippen LogP) is 2.16. The monoisotopic (exact) mass is 177 g/mol. The fourth-order valence-corrected chi connectivity index (χ4v) is 1.69. The molecule has 0 unspecified atom stereocenters. The van der Waals surface area contributed by atoms with Crippen molar-refractivity contribution in [1.29, 1.82) is 0 Å². The van der Waals surface area contributed by atoms with Gasteiger partial charge in [-0.25, -0.2) is 8.42 Å². The molecule has 0 saturated carbocycles. The Kier molecular flexibility index (Phi) is 5.56. The Morgan fingerprint density at radius 1 is 1.18 bits per heavy atom. The molecule has 1 radical (unpaired) electrons. The molecule has 0 rings (SSSR count). The van der Waals surface area contributed by atoms with Gasteiger partial charge in [-0.1, -0.05) is 26.2 Å². The molecule has 67 valence electrons. The SMILES string of the molecule is C[CH]S(=O)(=O)CCCCCC. The van der Waals surface area contributed by atoms with E-state index in [1.54, 1.807) is 6.92 Å². The number of unbranched alkanes of at least 4 members (excludes halogenated alkanes) is 3. The Hall–Kier alpha value is -0.0500. The van der Waals surface area contributed by atoms with Gasteiger partial charge in [0.15, 0.2) is 9.84 Å². The maximum absolute atomic E-state index is 10.9. The predicted molar refractivity (Wildman–Crippen MR) is 47.9 cm³/mol. The van der Waals surface area contributed by atoms with Crippen LogP contribution in [-0.4, -0.2) is 14.2 Å². The van der Waals surface area contributed by atoms with E-state index in [0.717, 1.165) is 25.7 Å². The molecule has 0 aliphatic rings. The molecule has 0 aliphatic heterocycles. The van der Waals surface area contributed by atoms with E-state index in [1.165, 1.54) is 5.75 Å². The van der Waals surface area contributed by atoms with Gasteiger partial charge in [0, 0.05) is 0 Å². The van der Waals surface area contributed by atoms with Crippen molar-refractivity contribution in [1.82, 2.24) is 0 Å². The van der Waals surface area contributed by atoms with E-state index in [4.69, 9.17) is 0 Å². The first-order valence-electron chi connectivity index (χ1n) is 4.14. The Morgan fingerprint density at radius 3 is 2.27 bits per heavy atom. The molecule has 0 amide bonds. The standard InChI is InChI=1S/C8H17O2S/c1-3-5-6-7-8-11(9,10)4-2/h4H,3,5-8H2,1-2H3. The lowest BCUT2D eigenvalue weighted by molar-refractivity contribution is 0.594. The van der Waals surface area contributed by atoms with Crippen molar-refractivity contribution in [3.8, 4) is 0 Å². The third-order valence-corrected chi connectivity index (χ3v) is 3.22. The molecular formula is C8H17O2S. The highest BCUT2D eigenvalue weighted by Crippen LogP contribution is 2.03. The van der Waals surface area contributed by atoms with Crippen LogP contribution in [0.5, 0.6) is 0 Å². The lowest BCUT2D eigenvalue weighted by Gasteiger charge is -1.98. The summed E-state index contributed by atoms with van der Waals surface area (Å²) in [7, 11) is -2.82. The number of sulfone groups is 1. The van der Waals surface area contributed by atoms with Gasteiger partial charge in [-0.05, 0) is 13.3 Å². The van der Waals surface area contributed by atoms with Gasteiger partial charge in [-0.2, -0.15) is 0 Å². The van der Waals surface area contributed by atoms with Gasteiger partial charge in [-0.15, -0.1) is 0 Å². The van der Waals surface area contributed by atoms with Crippen molar-refractivity contribution < 1.29 is 8.42 Å². The van der Waals surface area contributed by atoms with Crippen LogP contribution in [0.3, 0.4) is 0 Å². The van der Waals surface area contributed by atoms with E-state index >= 15 is 0 Å². The minimum atomic E-state index is -2.82. The van der Waals surface area contributed by atoms with Crippen molar-refractivity contribution in [3.63, 3.8) is 0 Å². The maximum Gasteiger partial charge on any atom is 0.154 e. The summed E-state index contributed by atoms with van der Waals surface area (Å²) in [5.41, 5.74) is 0. The van der Waals surface area contributed by atoms with Crippen LogP contribution in [0.25, 0.3) is 0 Å². The molecule has 3 heteroatoms. The van der Waals surface area contributed by atoms with Crippen LogP contribution < -0.4 is 0 Å². The van der Waals surface area contributed by atoms with E-state index in [-0.39, 0.29) is 0 Å². The first kappa shape index (κ1) is 11.0. The highest BCUT2D eigenvalue weighted by molar-refractivity contribution is 7.93. The summed E-state index contributed by atoms with van der Waals surface area (Å²) in [4.78, 5) is 0. The summed E-state index contributed by atoms with van der Waals surface area (Å²) >= 11 is 0. The maximum atomic E-state index is 10.9. The van der Waals surface area contributed by atoms with E-state index < -0.39 is 9.84 Å². The summed E-state index contributed by atoms with van der Waals surface area (Å²) < 4.78 is 21.8. The minimum absolute atomic E-state index is 0.323. The van der Waals surface area contributed by atoms with Crippen LogP contribution in [-0.2, 0) is 9.84 Å². The smallest absolute Gasteiger partial charge is 0.154 e. The van der Waals surface area contributed by atoms with Crippen molar-refractivity contribution >= 4 is 9.84 Å². The van der Waals surface area contributed by atoms with Crippen molar-refractivity contribution in [3.05, 3.63) is 5.75 Å². The average Bonchev–Trinajstić information content (AvgIpc) is 1.99. The van der Waals surface area contributed by atoms with Crippen LogP contribution in [0.15, 0.2) is 0 Å². The summed E-state index contributed by atoms with van der Waals surface area (Å²) in [6.45, 7) is 3.69. The highest BCUT2D eigenvalue weighted by atomic mass is 32.2. The van der Waals surface area contributed by atoms with Gasteiger partial charge >= 0.3 is 0 Å². The molecule has 0 aromatic rings. The van der Waals surface area contributed by atoms with Crippen LogP contribution in [0, 0.1) is 5.75 Å². The molecular weight excluding hydrogens is 160 g/mol. The molecule has 0 heterocycles. The second-order valence-corrected chi connectivity index (χ2v) is 4.87. The molecule has 0 aromatic heterocycles. The molecule has 0 fully saturated rings. The topological polar surface area (TPSA) is 34.1 Å². The van der Waals surface area contributed by atoms with Crippen LogP contribution in [0.1, 0.15) is 39.5 Å². The number of hydrogen-bond acceptors (Lipinski definition) is 2. The van der Waals surface area contributed by atoms with E-state index in [0.29, 0.717) is 5.75 Å². The molecule has 0 aliphatic carbocycles. The molecule has 0 saturated heterocycles. The highest BCUT2D eigenvalue weighted by Gasteiger charge is 2.05. The van der Waals surface area contributed by atoms with Gasteiger partial charge in [0.2, 0.25) is 0 Å². The van der Waals surface area contributed by atoms with E-state index in [2.05, 4.69) is 6.92 Å². The summed E-state index contributed by atoms with van der Waals surface area (Å²) in [5.74, 6) is 1.61. The molecule has 2 nitrogen and oxygen atoms in total. The fraction of sp³-hybridized carbons (Fsp3) is 0.875. The Bertz CT molecular complexity index is 171. The van der Waals surface area contributed by atoms with Gasteiger partial charge in [-0.3, -0.25) is 0 Å². The zero-order valence-electron chi connectivity index (χ0n) is 7.34. The second kappa shape index (κ2) is 5.58. The van der Waals surface area contributed by atoms with Gasteiger partial charge in [0.1, 0.15) is 0 Å². The first-order chi connectivity index (χ1) is 5.12. The third-order valence-electron chi connectivity index (χ3n) is 1.64. The van der Waals surface area contributed by atoms with Crippen LogP contribution in [0.4, 0.5) is 0 Å². The Morgan fingerprint density at radius 2 is 1.82 bits per heavy atom. The second-order valence-electron chi connectivity index (χ2n) is 2.66. The quantitative estimate of drug-likeness (QED) is 0.583. The van der Waals surface area contributed by atoms with Crippen molar-refractivity contribution in [2.24, 2.45) is 0 Å². The third kappa shape index (κ3) is 6.35. The molecule has 0 bridgehead atoms. The van der Waals surface area contributed by atoms with Gasteiger partial charge in [0.05, 0.1) is 11.5 Å². The molecule has 0 N–H and O–H groups in total. The summed E-state index contributed by atoms with van der Waals surface area (Å²) in [5, 5.41) is 0. The Balaban J connectivity index is 3.39. The molecule has 11 heavy (non-hydrogen) atoms. The van der Waals surface area contributed by atoms with E-state index in [9.17, 15) is 8.42 Å². The number of hydrogen-bond donors (Lipinski definition) is 0. The first-order valence-corrected chi connectivity index (χ1v) is 5.86. The summed E-state index contributed by atoms with van der Waals surface area (Å²) in [6.07, 6.45) is 4.12. The zero-order valence-corrected chi connectivity index (χ0v) is 8.15. The Labute approximate surface area is 69.9 Å². The molecule has 0 spiro atoms. The lowest BCUT2D eigenvalue weighted by atomic mass is 10.2. The lowest BCUT2D eigenvalue weighted by Crippen LogP contribution is -2.04. The van der Waals surface area contributed by atoms with Crippen molar-refractivity contribution in [2.45, 2.75) is 39.5 Å². The normalized spacial score (nSPS) is 11.8. The van der Waals surface area contributed by atoms with Crippen LogP contribution >= 0.6 is 0 Å². The molecule has 0 aromatic carbocycles.